The molecule has 0 aromatic rings. The molecule has 0 bridgehead atoms. The van der Waals surface area contributed by atoms with E-state index in [9.17, 15) is 0 Å². The summed E-state index contributed by atoms with van der Waals surface area (Å²) in [4.78, 5) is 0. The van der Waals surface area contributed by atoms with Gasteiger partial charge in [-0.15, -0.1) is 0 Å². The fourth-order valence-electron chi connectivity index (χ4n) is 0. The van der Waals surface area contributed by atoms with Crippen LogP contribution in [0.3, 0.4) is 0 Å². The summed E-state index contributed by atoms with van der Waals surface area (Å²) in [5, 5.41) is 0. The first kappa shape index (κ1) is 25.6. The monoisotopic (exact) mass is 508 g/mol. The first-order chi connectivity index (χ1) is 0. The van der Waals surface area contributed by atoms with Crippen molar-refractivity contribution in [3.63, 3.8) is 0 Å². The minimum absolute atomic E-state index is 0. The first-order valence-electron chi connectivity index (χ1n) is 0. The van der Waals surface area contributed by atoms with Crippen LogP contribution >= 0.6 is 0 Å². The molecule has 4 heavy (non-hydrogen) atoms. The van der Waals surface area contributed by atoms with Gasteiger partial charge in [0.25, 0.3) is 0 Å². The molecule has 22 valence electrons. The van der Waals surface area contributed by atoms with Crippen molar-refractivity contribution >= 4 is 17.6 Å². The molecule has 0 spiro atoms. The second-order valence-corrected chi connectivity index (χ2v) is 0. The van der Waals surface area contributed by atoms with Crippen LogP contribution in [-0.2, 0) is 52.0 Å². The zero-order chi connectivity index (χ0) is 0. The van der Waals surface area contributed by atoms with Gasteiger partial charge < -0.3 is 0 Å². The average molecular weight is 505 g/mol. The van der Waals surface area contributed by atoms with Gasteiger partial charge in [0.15, 0.2) is 0 Å². The fourth-order valence-corrected chi connectivity index (χ4v) is 0. The van der Waals surface area contributed by atoms with Gasteiger partial charge in [-0.05, 0) is 0 Å². The Morgan fingerprint density at radius 2 is 1.00 bits per heavy atom. The van der Waals surface area contributed by atoms with Crippen LogP contribution in [0.25, 0.3) is 0 Å². The van der Waals surface area contributed by atoms with Crippen LogP contribution in [0.15, 0.2) is 0 Å². The summed E-state index contributed by atoms with van der Waals surface area (Å²) in [6, 6.07) is 0. The summed E-state index contributed by atoms with van der Waals surface area (Å²) in [6.45, 7) is 0. The minimum atomic E-state index is 0. The molecule has 0 aliphatic carbocycles. The van der Waals surface area contributed by atoms with Crippen molar-refractivity contribution in [3.05, 3.63) is 0 Å². The predicted molar refractivity (Wildman–Crippen MR) is 5.75 cm³/mol. The Hall–Kier alpha value is 3.57. The molecule has 0 unspecified atom stereocenters. The molecule has 0 fully saturated rings. The molecule has 0 rings (SSSR count). The summed E-state index contributed by atoms with van der Waals surface area (Å²) in [6.07, 6.45) is 0. The van der Waals surface area contributed by atoms with Gasteiger partial charge in [0.2, 0.25) is 0 Å². The molecule has 0 atom stereocenters. The molecule has 0 saturated heterocycles. The molecule has 0 saturated carbocycles. The topological polar surface area (TPSA) is 0 Å². The van der Waals surface area contributed by atoms with Gasteiger partial charge in [0.1, 0.15) is 0 Å². The van der Waals surface area contributed by atoms with E-state index in [2.05, 4.69) is 0 Å². The quantitative estimate of drug-likeness (QED) is 0.395. The van der Waals surface area contributed by atoms with E-state index in [-0.39, 0.29) is 108 Å². The average Bonchev–Trinajstić information content (AvgIpc) is 0. The van der Waals surface area contributed by atoms with E-state index in [1.54, 1.807) is 0 Å². The third kappa shape index (κ3) is 9.13. The fraction of sp³-hybridized carbons (Fsp3) is 0. The molecular weight excluding hydrogens is 505 g/mol. The van der Waals surface area contributed by atoms with E-state index < -0.39 is 0 Å². The molecule has 4 radical (unpaired) electrons. The van der Waals surface area contributed by atoms with Gasteiger partial charge in [-0.2, -0.15) is 0 Å². The van der Waals surface area contributed by atoms with Crippen molar-refractivity contribution in [2.75, 3.05) is 0 Å². The van der Waals surface area contributed by atoms with Crippen LogP contribution in [-0.4, -0.2) is 17.6 Å². The molecule has 0 N–H and O–H groups in total. The number of hydrogen-bond donors (Lipinski definition) is 0. The summed E-state index contributed by atoms with van der Waals surface area (Å²) in [5.41, 5.74) is 0. The van der Waals surface area contributed by atoms with Crippen LogP contribution in [0.5, 0.6) is 0 Å². The SMILES string of the molecule is [Dy].[Ge].[Hf].[Zr]. The molecule has 0 heterocycles. The van der Waals surface area contributed by atoms with Crippen molar-refractivity contribution in [2.24, 2.45) is 0 Å². The second-order valence-electron chi connectivity index (χ2n) is 0. The van der Waals surface area contributed by atoms with E-state index in [4.69, 9.17) is 0 Å². The second kappa shape index (κ2) is 16.0. The Kier molecular flexibility index (Phi) is 103. The van der Waals surface area contributed by atoms with Gasteiger partial charge in [-0.1, -0.05) is 0 Å². The third-order valence-electron chi connectivity index (χ3n) is 0. The molecule has 0 aromatic heterocycles. The third-order valence-corrected chi connectivity index (χ3v) is 0. The van der Waals surface area contributed by atoms with Crippen molar-refractivity contribution in [1.82, 2.24) is 0 Å². The van der Waals surface area contributed by atoms with Crippen LogP contribution in [0.4, 0.5) is 0 Å². The van der Waals surface area contributed by atoms with E-state index in [0.717, 1.165) is 0 Å². The van der Waals surface area contributed by atoms with Crippen molar-refractivity contribution in [1.29, 1.82) is 0 Å². The Balaban J connectivity index is 0. The number of hydrogen-bond acceptors (Lipinski definition) is 0. The van der Waals surface area contributed by atoms with E-state index >= 15 is 0 Å². The maximum absolute atomic E-state index is 0. The van der Waals surface area contributed by atoms with Crippen LogP contribution < -0.4 is 0 Å². The Morgan fingerprint density at radius 3 is 1.00 bits per heavy atom. The maximum atomic E-state index is 0. The van der Waals surface area contributed by atoms with Gasteiger partial charge in [0.05, 0.1) is 0 Å². The molecule has 0 amide bonds. The zero-order valence-electron chi connectivity index (χ0n) is 1.82. The van der Waals surface area contributed by atoms with Crippen molar-refractivity contribution in [3.8, 4) is 0 Å². The van der Waals surface area contributed by atoms with Crippen LogP contribution in [0.2, 0.25) is 0 Å². The molecule has 0 aliphatic heterocycles. The van der Waals surface area contributed by atoms with E-state index in [1.807, 2.05) is 0 Å². The summed E-state index contributed by atoms with van der Waals surface area (Å²) >= 11 is 0. The van der Waals surface area contributed by atoms with E-state index in [0.29, 0.717) is 0 Å². The van der Waals surface area contributed by atoms with Gasteiger partial charge in [-0.3, -0.25) is 0 Å². The van der Waals surface area contributed by atoms with Crippen molar-refractivity contribution < 1.29 is 90.2 Å². The maximum Gasteiger partial charge on any atom is 0 e. The molecule has 0 nitrogen and oxygen atoms in total. The van der Waals surface area contributed by atoms with Crippen molar-refractivity contribution in [2.45, 2.75) is 0 Å². The smallest absolute Gasteiger partial charge is 0 e. The van der Waals surface area contributed by atoms with E-state index in [1.165, 1.54) is 0 Å². The molecular formula is DyGeHfZr. The van der Waals surface area contributed by atoms with Gasteiger partial charge in [-0.25, -0.2) is 0 Å². The standard InChI is InChI=1S/Dy.Ge.Hf.Zr. The minimum Gasteiger partial charge on any atom is 0 e. The number of rotatable bonds is 0. The summed E-state index contributed by atoms with van der Waals surface area (Å²) in [7, 11) is 0. The van der Waals surface area contributed by atoms with Gasteiger partial charge >= 0.3 is 0 Å². The first-order valence-corrected chi connectivity index (χ1v) is 0. The molecule has 0 aliphatic rings. The largest absolute Gasteiger partial charge is 0 e. The van der Waals surface area contributed by atoms with Crippen LogP contribution in [0.1, 0.15) is 0 Å². The normalized spacial score (nSPS) is 0. The Labute approximate surface area is 105 Å². The Morgan fingerprint density at radius 1 is 1.00 bits per heavy atom. The summed E-state index contributed by atoms with van der Waals surface area (Å²) < 4.78 is 0. The zero-order valence-corrected chi connectivity index (χ0v) is 12.0. The predicted octanol–water partition coefficient (Wildman–Crippen LogP) is -0.386. The molecule has 0 aromatic carbocycles. The van der Waals surface area contributed by atoms with Gasteiger partial charge in [0, 0.05) is 108 Å². The summed E-state index contributed by atoms with van der Waals surface area (Å²) in [5.74, 6) is 0. The Bertz CT molecular complexity index is 8.00. The van der Waals surface area contributed by atoms with Crippen LogP contribution in [0, 0.1) is 38.2 Å². The molecule has 4 heteroatoms.